The van der Waals surface area contributed by atoms with Crippen molar-refractivity contribution in [1.82, 2.24) is 0 Å². The number of rotatable bonds is 3. The number of para-hydroxylation sites is 1. The highest BCUT2D eigenvalue weighted by atomic mass is 16.2. The van der Waals surface area contributed by atoms with Crippen molar-refractivity contribution in [1.29, 1.82) is 0 Å². The quantitative estimate of drug-likeness (QED) is 0.741. The molecule has 3 nitrogen and oxygen atoms in total. The number of hydrazone groups is 1. The monoisotopic (exact) mass is 202 g/mol. The maximum absolute atomic E-state index is 11.7. The molecule has 2 rings (SSSR count). The normalized spacial score (nSPS) is 15.7. The summed E-state index contributed by atoms with van der Waals surface area (Å²) in [7, 11) is 0. The van der Waals surface area contributed by atoms with Gasteiger partial charge in [0.2, 0.25) is 0 Å². The van der Waals surface area contributed by atoms with Crippen molar-refractivity contribution < 1.29 is 4.79 Å². The molecule has 0 aromatic heterocycles. The lowest BCUT2D eigenvalue weighted by molar-refractivity contribution is -0.116. The van der Waals surface area contributed by atoms with Gasteiger partial charge in [-0.05, 0) is 18.6 Å². The Balaban J connectivity index is 2.20. The van der Waals surface area contributed by atoms with Crippen molar-refractivity contribution in [2.75, 3.05) is 5.01 Å². The first-order valence-electron chi connectivity index (χ1n) is 5.25. The molecule has 1 aromatic carbocycles. The molecule has 1 aliphatic heterocycles. The third kappa shape index (κ3) is 2.06. The first-order valence-corrected chi connectivity index (χ1v) is 5.25. The standard InChI is InChI=1S/C12H14N2O/c1-2-6-10-9-12(15)14(13-10)11-7-4-3-5-8-11/h3-5,7-8H,2,6,9H2,1H3. The largest absolute Gasteiger partial charge is 0.272 e. The van der Waals surface area contributed by atoms with Crippen LogP contribution in [-0.2, 0) is 4.79 Å². The van der Waals surface area contributed by atoms with Crippen LogP contribution >= 0.6 is 0 Å². The molecule has 78 valence electrons. The summed E-state index contributed by atoms with van der Waals surface area (Å²) < 4.78 is 0. The Morgan fingerprint density at radius 2 is 2.07 bits per heavy atom. The Kier molecular flexibility index (Phi) is 2.81. The highest BCUT2D eigenvalue weighted by Gasteiger charge is 2.23. The molecule has 0 N–H and O–H groups in total. The van der Waals surface area contributed by atoms with E-state index in [4.69, 9.17) is 0 Å². The van der Waals surface area contributed by atoms with Crippen LogP contribution in [0.1, 0.15) is 26.2 Å². The van der Waals surface area contributed by atoms with Crippen LogP contribution < -0.4 is 5.01 Å². The van der Waals surface area contributed by atoms with Gasteiger partial charge >= 0.3 is 0 Å². The van der Waals surface area contributed by atoms with E-state index in [-0.39, 0.29) is 5.91 Å². The summed E-state index contributed by atoms with van der Waals surface area (Å²) in [5.74, 6) is 0.0738. The third-order valence-corrected chi connectivity index (χ3v) is 2.37. The van der Waals surface area contributed by atoms with Crippen LogP contribution in [0.3, 0.4) is 0 Å². The van der Waals surface area contributed by atoms with Crippen LogP contribution in [0.2, 0.25) is 0 Å². The second-order valence-electron chi connectivity index (χ2n) is 3.63. The van der Waals surface area contributed by atoms with Crippen LogP contribution in [0.4, 0.5) is 5.69 Å². The van der Waals surface area contributed by atoms with E-state index in [1.165, 1.54) is 5.01 Å². The fraction of sp³-hybridized carbons (Fsp3) is 0.333. The Morgan fingerprint density at radius 3 is 2.73 bits per heavy atom. The molecule has 0 aliphatic carbocycles. The molecule has 1 amide bonds. The first-order chi connectivity index (χ1) is 7.31. The van der Waals surface area contributed by atoms with Gasteiger partial charge in [0.15, 0.2) is 0 Å². The van der Waals surface area contributed by atoms with Gasteiger partial charge < -0.3 is 0 Å². The van der Waals surface area contributed by atoms with E-state index in [0.717, 1.165) is 24.2 Å². The van der Waals surface area contributed by atoms with Crippen LogP contribution in [0.15, 0.2) is 35.4 Å². The highest BCUT2D eigenvalue weighted by molar-refractivity contribution is 6.12. The lowest BCUT2D eigenvalue weighted by atomic mass is 10.2. The van der Waals surface area contributed by atoms with Crippen LogP contribution in [0.25, 0.3) is 0 Å². The van der Waals surface area contributed by atoms with Gasteiger partial charge in [0, 0.05) is 5.71 Å². The average Bonchev–Trinajstić information content (AvgIpc) is 2.61. The van der Waals surface area contributed by atoms with Crippen LogP contribution in [0.5, 0.6) is 0 Å². The van der Waals surface area contributed by atoms with Gasteiger partial charge in [-0.2, -0.15) is 5.10 Å². The van der Waals surface area contributed by atoms with Crippen molar-refractivity contribution in [3.63, 3.8) is 0 Å². The maximum atomic E-state index is 11.7. The fourth-order valence-corrected chi connectivity index (χ4v) is 1.68. The van der Waals surface area contributed by atoms with Gasteiger partial charge in [0.05, 0.1) is 12.1 Å². The molecular formula is C12H14N2O. The molecule has 15 heavy (non-hydrogen) atoms. The molecule has 0 saturated heterocycles. The summed E-state index contributed by atoms with van der Waals surface area (Å²) in [6, 6.07) is 9.55. The minimum Gasteiger partial charge on any atom is -0.272 e. The van der Waals surface area contributed by atoms with Gasteiger partial charge in [0.25, 0.3) is 5.91 Å². The lowest BCUT2D eigenvalue weighted by Gasteiger charge is -2.10. The van der Waals surface area contributed by atoms with E-state index < -0.39 is 0 Å². The first kappa shape index (κ1) is 9.90. The minimum absolute atomic E-state index is 0.0738. The summed E-state index contributed by atoms with van der Waals surface area (Å²) in [6.45, 7) is 2.10. The molecule has 0 radical (unpaired) electrons. The number of nitrogens with zero attached hydrogens (tertiary/aromatic N) is 2. The number of benzene rings is 1. The van der Waals surface area contributed by atoms with Crippen molar-refractivity contribution >= 4 is 17.3 Å². The van der Waals surface area contributed by atoms with Crippen LogP contribution in [-0.4, -0.2) is 11.6 Å². The van der Waals surface area contributed by atoms with Crippen molar-refractivity contribution in [3.05, 3.63) is 30.3 Å². The van der Waals surface area contributed by atoms with Crippen molar-refractivity contribution in [3.8, 4) is 0 Å². The third-order valence-electron chi connectivity index (χ3n) is 2.37. The minimum atomic E-state index is 0.0738. The molecule has 3 heteroatoms. The number of carbonyl (C=O) groups is 1. The molecule has 1 heterocycles. The van der Waals surface area contributed by atoms with E-state index >= 15 is 0 Å². The summed E-state index contributed by atoms with van der Waals surface area (Å²) in [4.78, 5) is 11.7. The second kappa shape index (κ2) is 4.26. The molecule has 0 atom stereocenters. The molecule has 0 fully saturated rings. The van der Waals surface area contributed by atoms with E-state index in [1.807, 2.05) is 30.3 Å². The molecule has 0 bridgehead atoms. The molecule has 1 aliphatic rings. The summed E-state index contributed by atoms with van der Waals surface area (Å²) in [5, 5.41) is 5.83. The predicted octanol–water partition coefficient (Wildman–Crippen LogP) is 2.58. The van der Waals surface area contributed by atoms with Gasteiger partial charge in [-0.3, -0.25) is 4.79 Å². The van der Waals surface area contributed by atoms with Gasteiger partial charge in [-0.1, -0.05) is 31.5 Å². The number of hydrogen-bond donors (Lipinski definition) is 0. The van der Waals surface area contributed by atoms with E-state index in [2.05, 4.69) is 12.0 Å². The zero-order chi connectivity index (χ0) is 10.7. The topological polar surface area (TPSA) is 32.7 Å². The van der Waals surface area contributed by atoms with Gasteiger partial charge in [-0.15, -0.1) is 0 Å². The predicted molar refractivity (Wildman–Crippen MR) is 60.9 cm³/mol. The number of hydrogen-bond acceptors (Lipinski definition) is 2. The fourth-order valence-electron chi connectivity index (χ4n) is 1.68. The zero-order valence-electron chi connectivity index (χ0n) is 8.81. The smallest absolute Gasteiger partial charge is 0.253 e. The second-order valence-corrected chi connectivity index (χ2v) is 3.63. The summed E-state index contributed by atoms with van der Waals surface area (Å²) in [5.41, 5.74) is 1.85. The molecule has 1 aromatic rings. The Bertz CT molecular complexity index is 384. The van der Waals surface area contributed by atoms with Crippen molar-refractivity contribution in [2.45, 2.75) is 26.2 Å². The highest BCUT2D eigenvalue weighted by Crippen LogP contribution is 2.20. The van der Waals surface area contributed by atoms with E-state index in [1.54, 1.807) is 0 Å². The molecule has 0 saturated carbocycles. The number of anilines is 1. The number of carbonyl (C=O) groups excluding carboxylic acids is 1. The molecule has 0 unspecified atom stereocenters. The lowest BCUT2D eigenvalue weighted by Crippen LogP contribution is -2.19. The average molecular weight is 202 g/mol. The molecular weight excluding hydrogens is 188 g/mol. The Hall–Kier alpha value is -1.64. The van der Waals surface area contributed by atoms with Crippen molar-refractivity contribution in [2.24, 2.45) is 5.10 Å². The van der Waals surface area contributed by atoms with E-state index in [9.17, 15) is 4.79 Å². The van der Waals surface area contributed by atoms with E-state index in [0.29, 0.717) is 6.42 Å². The zero-order valence-corrected chi connectivity index (χ0v) is 8.81. The Morgan fingerprint density at radius 1 is 1.33 bits per heavy atom. The SMILES string of the molecule is CCCC1=NN(c2ccccc2)C(=O)C1. The summed E-state index contributed by atoms with van der Waals surface area (Å²) >= 11 is 0. The molecule has 0 spiro atoms. The van der Waals surface area contributed by atoms with Gasteiger partial charge in [0.1, 0.15) is 0 Å². The number of amides is 1. The van der Waals surface area contributed by atoms with Crippen LogP contribution in [0, 0.1) is 0 Å². The van der Waals surface area contributed by atoms with Gasteiger partial charge in [-0.25, -0.2) is 5.01 Å². The maximum Gasteiger partial charge on any atom is 0.253 e. The Labute approximate surface area is 89.4 Å². The summed E-state index contributed by atoms with van der Waals surface area (Å²) in [6.07, 6.45) is 2.42.